The number of carbonyl (C=O) groups excluding carboxylic acids is 1. The Labute approximate surface area is 87.7 Å². The molecule has 1 aliphatic rings. The van der Waals surface area contributed by atoms with E-state index in [1.807, 2.05) is 12.1 Å². The van der Waals surface area contributed by atoms with Crippen LogP contribution in [0, 0.1) is 0 Å². The van der Waals surface area contributed by atoms with Crippen LogP contribution in [0.1, 0.15) is 6.42 Å². The Kier molecular flexibility index (Phi) is 2.33. The fourth-order valence-corrected chi connectivity index (χ4v) is 1.90. The van der Waals surface area contributed by atoms with E-state index in [4.69, 9.17) is 11.6 Å². The highest BCUT2D eigenvalue weighted by Gasteiger charge is 2.20. The number of nitrogens with one attached hydrogen (secondary N) is 1. The summed E-state index contributed by atoms with van der Waals surface area (Å²) in [6, 6.07) is 5.59. The van der Waals surface area contributed by atoms with E-state index in [1.165, 1.54) is 0 Å². The molecule has 4 heteroatoms. The van der Waals surface area contributed by atoms with Crippen molar-refractivity contribution in [2.75, 3.05) is 23.8 Å². The van der Waals surface area contributed by atoms with E-state index in [9.17, 15) is 4.79 Å². The zero-order valence-corrected chi connectivity index (χ0v) is 8.64. The molecule has 3 nitrogen and oxygen atoms in total. The fourth-order valence-electron chi connectivity index (χ4n) is 1.60. The van der Waals surface area contributed by atoms with Gasteiger partial charge < -0.3 is 10.2 Å². The molecule has 0 bridgehead atoms. The highest BCUT2D eigenvalue weighted by atomic mass is 35.5. The van der Waals surface area contributed by atoms with Gasteiger partial charge in [-0.15, -0.1) is 0 Å². The Morgan fingerprint density at radius 2 is 2.29 bits per heavy atom. The van der Waals surface area contributed by atoms with E-state index >= 15 is 0 Å². The van der Waals surface area contributed by atoms with Gasteiger partial charge in [-0.05, 0) is 12.1 Å². The molecule has 1 aromatic rings. The third-order valence-electron chi connectivity index (χ3n) is 2.35. The normalized spacial score (nSPS) is 15.9. The minimum Gasteiger partial charge on any atom is -0.383 e. The van der Waals surface area contributed by atoms with Crippen LogP contribution in [0.3, 0.4) is 0 Å². The standard InChI is InChI=1S/C10H11ClN2O/c1-13-9(14)5-6-12-8-4-2-3-7(11)10(8)13/h2-4,12H,5-6H2,1H3. The summed E-state index contributed by atoms with van der Waals surface area (Å²) in [6.45, 7) is 0.663. The summed E-state index contributed by atoms with van der Waals surface area (Å²) in [6.07, 6.45) is 0.501. The van der Waals surface area contributed by atoms with Crippen LogP contribution in [-0.4, -0.2) is 19.5 Å². The number of hydrogen-bond donors (Lipinski definition) is 1. The van der Waals surface area contributed by atoms with Crippen LogP contribution in [0.25, 0.3) is 0 Å². The zero-order valence-electron chi connectivity index (χ0n) is 7.88. The van der Waals surface area contributed by atoms with Crippen LogP contribution < -0.4 is 10.2 Å². The predicted molar refractivity (Wildman–Crippen MR) is 58.0 cm³/mol. The smallest absolute Gasteiger partial charge is 0.228 e. The van der Waals surface area contributed by atoms with Crippen LogP contribution >= 0.6 is 11.6 Å². The van der Waals surface area contributed by atoms with Crippen molar-refractivity contribution < 1.29 is 4.79 Å². The molecule has 1 heterocycles. The summed E-state index contributed by atoms with van der Waals surface area (Å²) in [4.78, 5) is 13.2. The molecule has 0 spiro atoms. The molecular weight excluding hydrogens is 200 g/mol. The number of para-hydroxylation sites is 1. The molecule has 74 valence electrons. The molecule has 1 amide bonds. The Bertz CT molecular complexity index is 378. The van der Waals surface area contributed by atoms with E-state index in [-0.39, 0.29) is 5.91 Å². The number of anilines is 2. The lowest BCUT2D eigenvalue weighted by Crippen LogP contribution is -2.25. The number of carbonyl (C=O) groups is 1. The molecule has 1 aromatic carbocycles. The predicted octanol–water partition coefficient (Wildman–Crippen LogP) is 2.12. The molecule has 1 N–H and O–H groups in total. The molecule has 0 saturated carbocycles. The van der Waals surface area contributed by atoms with Gasteiger partial charge in [-0.3, -0.25) is 4.79 Å². The monoisotopic (exact) mass is 210 g/mol. The highest BCUT2D eigenvalue weighted by molar-refractivity contribution is 6.34. The number of amides is 1. The van der Waals surface area contributed by atoms with Crippen LogP contribution in [0.5, 0.6) is 0 Å². The third-order valence-corrected chi connectivity index (χ3v) is 2.66. The molecule has 14 heavy (non-hydrogen) atoms. The maximum absolute atomic E-state index is 11.6. The molecule has 0 saturated heterocycles. The minimum atomic E-state index is 0.0874. The van der Waals surface area contributed by atoms with Gasteiger partial charge in [0.05, 0.1) is 16.4 Å². The first-order valence-corrected chi connectivity index (χ1v) is 4.87. The van der Waals surface area contributed by atoms with Crippen molar-refractivity contribution in [3.8, 4) is 0 Å². The summed E-state index contributed by atoms with van der Waals surface area (Å²) in [5.41, 5.74) is 1.70. The molecule has 0 fully saturated rings. The fraction of sp³-hybridized carbons (Fsp3) is 0.300. The third kappa shape index (κ3) is 1.44. The lowest BCUT2D eigenvalue weighted by atomic mass is 10.2. The van der Waals surface area contributed by atoms with Gasteiger partial charge in [-0.2, -0.15) is 0 Å². The van der Waals surface area contributed by atoms with Gasteiger partial charge in [-0.1, -0.05) is 17.7 Å². The molecule has 0 unspecified atom stereocenters. The number of nitrogens with zero attached hydrogens (tertiary/aromatic N) is 1. The zero-order chi connectivity index (χ0) is 10.1. The largest absolute Gasteiger partial charge is 0.383 e. The number of rotatable bonds is 0. The highest BCUT2D eigenvalue weighted by Crippen LogP contribution is 2.34. The molecule has 0 aromatic heterocycles. The molecule has 1 aliphatic heterocycles. The van der Waals surface area contributed by atoms with E-state index in [1.54, 1.807) is 18.0 Å². The maximum Gasteiger partial charge on any atom is 0.228 e. The first kappa shape index (κ1) is 9.34. The SMILES string of the molecule is CN1C(=O)CCNc2cccc(Cl)c21. The van der Waals surface area contributed by atoms with Crippen molar-refractivity contribution in [3.63, 3.8) is 0 Å². The number of hydrogen-bond acceptors (Lipinski definition) is 2. The van der Waals surface area contributed by atoms with E-state index < -0.39 is 0 Å². The number of halogens is 1. The lowest BCUT2D eigenvalue weighted by Gasteiger charge is -2.18. The second-order valence-corrected chi connectivity index (χ2v) is 3.67. The van der Waals surface area contributed by atoms with Crippen LogP contribution in [0.4, 0.5) is 11.4 Å². The van der Waals surface area contributed by atoms with Gasteiger partial charge in [0.2, 0.25) is 5.91 Å². The quantitative estimate of drug-likeness (QED) is 0.712. The van der Waals surface area contributed by atoms with Crippen LogP contribution in [0.15, 0.2) is 18.2 Å². The first-order chi connectivity index (χ1) is 6.70. The van der Waals surface area contributed by atoms with Gasteiger partial charge >= 0.3 is 0 Å². The molecule has 2 rings (SSSR count). The minimum absolute atomic E-state index is 0.0874. The second kappa shape index (κ2) is 3.50. The van der Waals surface area contributed by atoms with Crippen molar-refractivity contribution in [1.29, 1.82) is 0 Å². The van der Waals surface area contributed by atoms with Crippen molar-refractivity contribution in [3.05, 3.63) is 23.2 Å². The summed E-state index contributed by atoms with van der Waals surface area (Å²) in [7, 11) is 1.75. The summed E-state index contributed by atoms with van der Waals surface area (Å²) in [5, 5.41) is 3.78. The summed E-state index contributed by atoms with van der Waals surface area (Å²) < 4.78 is 0. The molecule has 0 aliphatic carbocycles. The number of fused-ring (bicyclic) bond motifs is 1. The second-order valence-electron chi connectivity index (χ2n) is 3.27. The van der Waals surface area contributed by atoms with Gasteiger partial charge in [0.1, 0.15) is 0 Å². The summed E-state index contributed by atoms with van der Waals surface area (Å²) in [5.74, 6) is 0.0874. The Hall–Kier alpha value is -1.22. The molecule has 0 atom stereocenters. The van der Waals surface area contributed by atoms with Gasteiger partial charge in [0.15, 0.2) is 0 Å². The van der Waals surface area contributed by atoms with Gasteiger partial charge in [0.25, 0.3) is 0 Å². The van der Waals surface area contributed by atoms with Gasteiger partial charge in [0, 0.05) is 20.0 Å². The van der Waals surface area contributed by atoms with E-state index in [2.05, 4.69) is 5.32 Å². The number of benzene rings is 1. The van der Waals surface area contributed by atoms with E-state index in [0.717, 1.165) is 11.4 Å². The Balaban J connectivity index is 2.55. The average Bonchev–Trinajstić information content (AvgIpc) is 2.29. The first-order valence-electron chi connectivity index (χ1n) is 4.49. The van der Waals surface area contributed by atoms with Gasteiger partial charge in [-0.25, -0.2) is 0 Å². The summed E-state index contributed by atoms with van der Waals surface area (Å²) >= 11 is 6.04. The van der Waals surface area contributed by atoms with E-state index in [0.29, 0.717) is 18.0 Å². The average molecular weight is 211 g/mol. The Morgan fingerprint density at radius 3 is 3.07 bits per heavy atom. The molecular formula is C10H11ClN2O. The topological polar surface area (TPSA) is 32.3 Å². The maximum atomic E-state index is 11.6. The van der Waals surface area contributed by atoms with Crippen molar-refractivity contribution in [2.24, 2.45) is 0 Å². The lowest BCUT2D eigenvalue weighted by molar-refractivity contribution is -0.118. The molecule has 0 radical (unpaired) electrons. The Morgan fingerprint density at radius 1 is 1.50 bits per heavy atom. The van der Waals surface area contributed by atoms with Crippen molar-refractivity contribution >= 4 is 28.9 Å². The van der Waals surface area contributed by atoms with Crippen LogP contribution in [-0.2, 0) is 4.79 Å². The van der Waals surface area contributed by atoms with Crippen LogP contribution in [0.2, 0.25) is 5.02 Å². The van der Waals surface area contributed by atoms with Crippen molar-refractivity contribution in [2.45, 2.75) is 6.42 Å². The van der Waals surface area contributed by atoms with Crippen molar-refractivity contribution in [1.82, 2.24) is 0 Å².